The molecule has 0 spiro atoms. The van der Waals surface area contributed by atoms with Gasteiger partial charge in [-0.1, -0.05) is 23.8 Å². The largest absolute Gasteiger partial charge is 0.331 e. The maximum atomic E-state index is 9.29. The second-order valence-electron chi connectivity index (χ2n) is 4.55. The third-order valence-electron chi connectivity index (χ3n) is 3.52. The van der Waals surface area contributed by atoms with Crippen LogP contribution in [0, 0.1) is 27.3 Å². The van der Waals surface area contributed by atoms with E-state index in [4.69, 9.17) is 35.4 Å². The first-order chi connectivity index (χ1) is 8.59. The molecule has 1 aliphatic heterocycles. The summed E-state index contributed by atoms with van der Waals surface area (Å²) in [5.74, 6) is 0.252. The third-order valence-corrected chi connectivity index (χ3v) is 4.63. The Kier molecular flexibility index (Phi) is 2.70. The van der Waals surface area contributed by atoms with E-state index in [9.17, 15) is 5.26 Å². The molecule has 7 heteroatoms. The molecule has 0 saturated heterocycles. The number of nitrogens with zero attached hydrogens (tertiary/aromatic N) is 3. The fourth-order valence-electron chi connectivity index (χ4n) is 2.34. The first kappa shape index (κ1) is 12.1. The topological polar surface area (TPSA) is 64.8 Å². The first-order valence-electron chi connectivity index (χ1n) is 5.46. The summed E-state index contributed by atoms with van der Waals surface area (Å²) in [5.41, 5.74) is 0.188. The number of halogens is 2. The van der Waals surface area contributed by atoms with Crippen molar-refractivity contribution < 1.29 is 0 Å². The van der Waals surface area contributed by atoms with Crippen LogP contribution in [0.4, 0.5) is 5.82 Å². The molecule has 0 radical (unpaired) electrons. The molecule has 0 bridgehead atoms. The smallest absolute Gasteiger partial charge is 0.140 e. The maximum absolute atomic E-state index is 9.29. The summed E-state index contributed by atoms with van der Waals surface area (Å²) in [4.78, 5) is 11.2. The number of nitrogens with one attached hydrogen (secondary N) is 1. The lowest BCUT2D eigenvalue weighted by molar-refractivity contribution is 0.481. The van der Waals surface area contributed by atoms with E-state index in [-0.39, 0.29) is 5.92 Å². The van der Waals surface area contributed by atoms with Gasteiger partial charge >= 0.3 is 0 Å². The molecule has 0 amide bonds. The first-order valence-corrected chi connectivity index (χ1v) is 6.68. The lowest BCUT2D eigenvalue weighted by atomic mass is 9.84. The third kappa shape index (κ3) is 1.60. The van der Waals surface area contributed by atoms with Crippen LogP contribution >= 0.6 is 35.4 Å². The number of H-pyrrole nitrogens is 1. The van der Waals surface area contributed by atoms with E-state index in [1.54, 1.807) is 0 Å². The molecule has 1 saturated carbocycles. The van der Waals surface area contributed by atoms with Crippen molar-refractivity contribution in [1.82, 2.24) is 9.97 Å². The predicted octanol–water partition coefficient (Wildman–Crippen LogP) is 3.62. The van der Waals surface area contributed by atoms with Crippen LogP contribution < -0.4 is 0 Å². The molecule has 2 unspecified atom stereocenters. The second-order valence-corrected chi connectivity index (χ2v) is 5.80. The zero-order chi connectivity index (χ0) is 12.9. The molecule has 2 aliphatic rings. The van der Waals surface area contributed by atoms with Crippen molar-refractivity contribution in [1.29, 1.82) is 5.26 Å². The van der Waals surface area contributed by atoms with Gasteiger partial charge in [-0.2, -0.15) is 5.26 Å². The van der Waals surface area contributed by atoms with Gasteiger partial charge in [0.2, 0.25) is 0 Å². The number of alkyl halides is 1. The van der Waals surface area contributed by atoms with Crippen molar-refractivity contribution in [3.63, 3.8) is 0 Å². The molecule has 1 fully saturated rings. The van der Waals surface area contributed by atoms with Gasteiger partial charge in [0.15, 0.2) is 0 Å². The fourth-order valence-corrected chi connectivity index (χ4v) is 3.73. The van der Waals surface area contributed by atoms with E-state index >= 15 is 0 Å². The summed E-state index contributed by atoms with van der Waals surface area (Å²) < 4.78 is 0.412. The minimum atomic E-state index is -0.484. The highest BCUT2D eigenvalue weighted by Gasteiger charge is 2.56. The number of hydrogen-bond acceptors (Lipinski definition) is 4. The van der Waals surface area contributed by atoms with Crippen LogP contribution in [-0.2, 0) is 0 Å². The molecule has 18 heavy (non-hydrogen) atoms. The van der Waals surface area contributed by atoms with Gasteiger partial charge < -0.3 is 4.98 Å². The highest BCUT2D eigenvalue weighted by atomic mass is 35.5. The van der Waals surface area contributed by atoms with Crippen molar-refractivity contribution in [2.45, 2.75) is 18.2 Å². The number of fused-ring (bicyclic) bond motifs is 1. The van der Waals surface area contributed by atoms with Gasteiger partial charge in [0, 0.05) is 0 Å². The van der Waals surface area contributed by atoms with Crippen LogP contribution in [0.1, 0.15) is 23.8 Å². The van der Waals surface area contributed by atoms with E-state index in [0.29, 0.717) is 21.2 Å². The van der Waals surface area contributed by atoms with Crippen molar-refractivity contribution in [2.24, 2.45) is 16.3 Å². The van der Waals surface area contributed by atoms with Crippen LogP contribution in [-0.4, -0.2) is 15.1 Å². The number of aromatic amines is 1. The SMILES string of the molecule is N#CC1(C2C(Cl)=Nc3[nH]cnc(=S)c3C2Cl)CC1. The zero-order valence-electron chi connectivity index (χ0n) is 9.15. The summed E-state index contributed by atoms with van der Waals surface area (Å²) in [7, 11) is 0. The van der Waals surface area contributed by atoms with E-state index in [2.05, 4.69) is 21.0 Å². The van der Waals surface area contributed by atoms with Crippen molar-refractivity contribution in [3.8, 4) is 6.07 Å². The number of nitriles is 1. The Balaban J connectivity index is 2.17. The predicted molar refractivity (Wildman–Crippen MR) is 71.7 cm³/mol. The Morgan fingerprint density at radius 1 is 1.56 bits per heavy atom. The van der Waals surface area contributed by atoms with Crippen LogP contribution in [0.5, 0.6) is 0 Å². The highest BCUT2D eigenvalue weighted by molar-refractivity contribution is 7.71. The average molecular weight is 299 g/mol. The molecule has 2 atom stereocenters. The summed E-state index contributed by atoms with van der Waals surface area (Å²) in [6.45, 7) is 0. The van der Waals surface area contributed by atoms with Gasteiger partial charge in [0.1, 0.15) is 15.6 Å². The molecule has 4 nitrogen and oxygen atoms in total. The Morgan fingerprint density at radius 2 is 2.28 bits per heavy atom. The summed E-state index contributed by atoms with van der Waals surface area (Å²) in [6.07, 6.45) is 3.07. The standard InChI is InChI=1S/C11H8Cl2N4S/c12-7-5-9(15-4-16-10(5)18)17-8(13)6(7)11(3-14)1-2-11/h4,6-7H,1-2H2,(H,15,16,18). The van der Waals surface area contributed by atoms with E-state index in [0.717, 1.165) is 12.8 Å². The molecule has 0 aromatic carbocycles. The van der Waals surface area contributed by atoms with Crippen molar-refractivity contribution in [3.05, 3.63) is 16.5 Å². The normalized spacial score (nSPS) is 27.9. The second kappa shape index (κ2) is 4.02. The molecule has 1 N–H and O–H groups in total. The van der Waals surface area contributed by atoms with Crippen molar-refractivity contribution >= 4 is 46.4 Å². The summed E-state index contributed by atoms with van der Waals surface area (Å²) in [6, 6.07) is 2.32. The van der Waals surface area contributed by atoms with Gasteiger partial charge in [-0.05, 0) is 12.8 Å². The molecule has 1 aliphatic carbocycles. The van der Waals surface area contributed by atoms with Gasteiger partial charge in [-0.25, -0.2) is 9.98 Å². The molecule has 1 aromatic heterocycles. The fraction of sp³-hybridized carbons (Fsp3) is 0.455. The number of rotatable bonds is 1. The van der Waals surface area contributed by atoms with Gasteiger partial charge in [-0.3, -0.25) is 0 Å². The van der Waals surface area contributed by atoms with E-state index in [1.165, 1.54) is 6.33 Å². The highest BCUT2D eigenvalue weighted by Crippen LogP contribution is 2.59. The van der Waals surface area contributed by atoms with E-state index < -0.39 is 10.8 Å². The number of hydrogen-bond donors (Lipinski definition) is 1. The summed E-state index contributed by atoms with van der Waals surface area (Å²) in [5, 5.41) is 9.21. The number of aliphatic imine (C=N–C) groups is 1. The van der Waals surface area contributed by atoms with Crippen LogP contribution in [0.25, 0.3) is 0 Å². The monoisotopic (exact) mass is 298 g/mol. The van der Waals surface area contributed by atoms with Crippen LogP contribution in [0.15, 0.2) is 11.3 Å². The molecular weight excluding hydrogens is 291 g/mol. The molecule has 2 heterocycles. The lowest BCUT2D eigenvalue weighted by Crippen LogP contribution is -2.28. The maximum Gasteiger partial charge on any atom is 0.140 e. The summed E-state index contributed by atoms with van der Waals surface area (Å²) >= 11 is 17.9. The van der Waals surface area contributed by atoms with E-state index in [1.807, 2.05) is 0 Å². The number of aromatic nitrogens is 2. The van der Waals surface area contributed by atoms with Gasteiger partial charge in [0.25, 0.3) is 0 Å². The molecule has 92 valence electrons. The Bertz CT molecular complexity index is 641. The van der Waals surface area contributed by atoms with Crippen LogP contribution in [0.3, 0.4) is 0 Å². The Morgan fingerprint density at radius 3 is 2.89 bits per heavy atom. The van der Waals surface area contributed by atoms with Gasteiger partial charge in [-0.15, -0.1) is 11.6 Å². The Labute approximate surface area is 119 Å². The van der Waals surface area contributed by atoms with Crippen molar-refractivity contribution in [2.75, 3.05) is 0 Å². The molecule has 1 aromatic rings. The van der Waals surface area contributed by atoms with Gasteiger partial charge in [0.05, 0.1) is 34.7 Å². The quantitative estimate of drug-likeness (QED) is 0.636. The molecular formula is C11H8Cl2N4S. The Hall–Kier alpha value is -0.960. The lowest BCUT2D eigenvalue weighted by Gasteiger charge is -2.29. The zero-order valence-corrected chi connectivity index (χ0v) is 11.5. The average Bonchev–Trinajstić information content (AvgIpc) is 3.09. The minimum Gasteiger partial charge on any atom is -0.331 e. The minimum absolute atomic E-state index is 0.294. The molecule has 3 rings (SSSR count). The van der Waals surface area contributed by atoms with Crippen LogP contribution in [0.2, 0.25) is 0 Å².